The van der Waals surface area contributed by atoms with Gasteiger partial charge in [-0.1, -0.05) is 101 Å². The van der Waals surface area contributed by atoms with Gasteiger partial charge in [0.2, 0.25) is 0 Å². The van der Waals surface area contributed by atoms with Crippen LogP contribution in [0.15, 0.2) is 58.9 Å². The van der Waals surface area contributed by atoms with E-state index in [9.17, 15) is 0 Å². The zero-order valence-corrected chi connectivity index (χ0v) is 22.8. The van der Waals surface area contributed by atoms with Crippen LogP contribution in [0.4, 0.5) is 0 Å². The van der Waals surface area contributed by atoms with E-state index in [1.165, 1.54) is 62.2 Å². The predicted molar refractivity (Wildman–Crippen MR) is 151 cm³/mol. The number of carbonyl (C=O) groups excluding carboxylic acids is 1. The summed E-state index contributed by atoms with van der Waals surface area (Å²) in [6.45, 7) is 19.0. The number of nitrogens with one attached hydrogen (secondary N) is 1. The molecular formula is C28H51N3O3. The molecule has 1 aromatic rings. The van der Waals surface area contributed by atoms with Crippen LogP contribution in [-0.4, -0.2) is 44.5 Å². The van der Waals surface area contributed by atoms with Crippen molar-refractivity contribution in [3.63, 3.8) is 0 Å². The summed E-state index contributed by atoms with van der Waals surface area (Å²) in [7, 11) is 2.00. The van der Waals surface area contributed by atoms with Crippen molar-refractivity contribution in [3.8, 4) is 0 Å². The van der Waals surface area contributed by atoms with Crippen LogP contribution in [0.1, 0.15) is 78.4 Å². The molecule has 0 bridgehead atoms. The summed E-state index contributed by atoms with van der Waals surface area (Å²) in [5.74, 6) is 0. The Balaban J connectivity index is -0.000000189. The maximum Gasteiger partial charge on any atom is 0.106 e. The van der Waals surface area contributed by atoms with Crippen LogP contribution >= 0.6 is 0 Å². The number of nitrogens with zero attached hydrogens (tertiary/aromatic N) is 2. The van der Waals surface area contributed by atoms with Crippen molar-refractivity contribution in [1.29, 1.82) is 0 Å². The van der Waals surface area contributed by atoms with Gasteiger partial charge in [0, 0.05) is 0 Å². The van der Waals surface area contributed by atoms with Crippen molar-refractivity contribution < 1.29 is 14.8 Å². The lowest BCUT2D eigenvalue weighted by Crippen LogP contribution is -2.06. The van der Waals surface area contributed by atoms with Crippen molar-refractivity contribution in [2.75, 3.05) is 20.2 Å². The van der Waals surface area contributed by atoms with Gasteiger partial charge in [-0.05, 0) is 62.6 Å². The molecule has 6 heteroatoms. The molecular weight excluding hydrogens is 426 g/mol. The molecule has 2 N–H and O–H groups in total. The quantitative estimate of drug-likeness (QED) is 0.203. The number of aliphatic hydroxyl groups excluding tert-OH is 1. The number of oxime groups is 2. The molecule has 196 valence electrons. The van der Waals surface area contributed by atoms with Crippen LogP contribution in [-0.2, 0) is 22.6 Å². The molecule has 0 amide bonds. The topological polar surface area (TPSA) is 83.3 Å². The summed E-state index contributed by atoms with van der Waals surface area (Å²) in [4.78, 5) is 12.4. The minimum absolute atomic E-state index is 0.133. The summed E-state index contributed by atoms with van der Waals surface area (Å²) in [5, 5.41) is 18.4. The molecule has 0 aliphatic heterocycles. The summed E-state index contributed by atoms with van der Waals surface area (Å²) < 4.78 is 0. The van der Waals surface area contributed by atoms with E-state index in [-0.39, 0.29) is 6.61 Å². The second kappa shape index (κ2) is 37.7. The molecule has 0 aliphatic rings. The highest BCUT2D eigenvalue weighted by Gasteiger charge is 1.96. The number of aryl methyl sites for hydroxylation is 2. The van der Waals surface area contributed by atoms with Crippen LogP contribution in [0.25, 0.3) is 0 Å². The van der Waals surface area contributed by atoms with E-state index in [2.05, 4.69) is 72.2 Å². The molecule has 0 saturated heterocycles. The number of aliphatic hydroxyl groups is 1. The van der Waals surface area contributed by atoms with Gasteiger partial charge in [-0.3, -0.25) is 0 Å². The van der Waals surface area contributed by atoms with Gasteiger partial charge in [-0.15, -0.1) is 0 Å². The summed E-state index contributed by atoms with van der Waals surface area (Å²) in [6.07, 6.45) is 13.9. The lowest BCUT2D eigenvalue weighted by molar-refractivity contribution is -0.0980. The monoisotopic (exact) mass is 477 g/mol. The number of hydrogen-bond donors (Lipinski definition) is 2. The Kier molecular flexibility index (Phi) is 42.9. The van der Waals surface area contributed by atoms with Crippen molar-refractivity contribution in [1.82, 2.24) is 5.32 Å². The fourth-order valence-corrected chi connectivity index (χ4v) is 2.28. The van der Waals surface area contributed by atoms with Gasteiger partial charge in [-0.2, -0.15) is 0 Å². The Morgan fingerprint density at radius 3 is 2.15 bits per heavy atom. The van der Waals surface area contributed by atoms with Crippen LogP contribution in [0.5, 0.6) is 0 Å². The van der Waals surface area contributed by atoms with E-state index in [4.69, 9.17) is 9.90 Å². The highest BCUT2D eigenvalue weighted by Crippen LogP contribution is 2.10. The molecule has 0 aromatic heterocycles. The Morgan fingerprint density at radius 1 is 1.06 bits per heavy atom. The van der Waals surface area contributed by atoms with Crippen molar-refractivity contribution in [2.24, 2.45) is 10.3 Å². The number of unbranched alkanes of at least 4 members (excludes halogenated alkanes) is 2. The first-order valence-electron chi connectivity index (χ1n) is 12.2. The molecule has 0 saturated carbocycles. The van der Waals surface area contributed by atoms with E-state index in [1.807, 2.05) is 40.7 Å². The van der Waals surface area contributed by atoms with Crippen LogP contribution in [0, 0.1) is 0 Å². The average Bonchev–Trinajstić information content (AvgIpc) is 2.90. The van der Waals surface area contributed by atoms with E-state index in [0.29, 0.717) is 5.57 Å². The molecule has 6 nitrogen and oxygen atoms in total. The smallest absolute Gasteiger partial charge is 0.106 e. The van der Waals surface area contributed by atoms with Crippen molar-refractivity contribution >= 4 is 19.2 Å². The van der Waals surface area contributed by atoms with Crippen LogP contribution in [0.2, 0.25) is 0 Å². The van der Waals surface area contributed by atoms with Gasteiger partial charge in [0.05, 0.1) is 19.0 Å². The fourth-order valence-electron chi connectivity index (χ4n) is 2.28. The number of benzene rings is 1. The van der Waals surface area contributed by atoms with E-state index in [1.54, 1.807) is 6.08 Å². The minimum Gasteiger partial charge on any atom is -0.392 e. The highest BCUT2D eigenvalue weighted by molar-refractivity contribution is 5.77. The molecule has 34 heavy (non-hydrogen) atoms. The van der Waals surface area contributed by atoms with Gasteiger partial charge >= 0.3 is 0 Å². The zero-order valence-electron chi connectivity index (χ0n) is 22.8. The lowest BCUT2D eigenvalue weighted by Gasteiger charge is -2.04. The number of carbonyl (C=O) groups is 1. The molecule has 0 radical (unpaired) electrons. The molecule has 1 rings (SSSR count). The Morgan fingerprint density at radius 2 is 1.68 bits per heavy atom. The summed E-state index contributed by atoms with van der Waals surface area (Å²) in [6, 6.07) is 8.72. The SMILES string of the molecule is C=C(/C=N/O/N=C/C=C\C)CO.C=O.CC.CCCCCNC.CCCc1ccccc1CC. The second-order valence-corrected chi connectivity index (χ2v) is 6.60. The van der Waals surface area contributed by atoms with Gasteiger partial charge in [0.15, 0.2) is 0 Å². The normalized spacial score (nSPS) is 9.65. The first kappa shape index (κ1) is 38.7. The Hall–Kier alpha value is -2.57. The van der Waals surface area contributed by atoms with Crippen LogP contribution in [0.3, 0.4) is 0 Å². The van der Waals surface area contributed by atoms with Gasteiger partial charge < -0.3 is 15.2 Å². The number of hydrogen-bond acceptors (Lipinski definition) is 6. The third-order valence-electron chi connectivity index (χ3n) is 3.92. The summed E-state index contributed by atoms with van der Waals surface area (Å²) >= 11 is 0. The second-order valence-electron chi connectivity index (χ2n) is 6.60. The van der Waals surface area contributed by atoms with Gasteiger partial charge in [0.1, 0.15) is 6.79 Å². The molecule has 0 unspecified atom stereocenters. The third-order valence-corrected chi connectivity index (χ3v) is 3.92. The van der Waals surface area contributed by atoms with E-state index >= 15 is 0 Å². The third kappa shape index (κ3) is 31.6. The predicted octanol–water partition coefficient (Wildman–Crippen LogP) is 6.54. The maximum absolute atomic E-state index is 8.48. The Labute approximate surface area is 209 Å². The lowest BCUT2D eigenvalue weighted by atomic mass is 10.0. The number of rotatable bonds is 12. The number of allylic oxidation sites excluding steroid dienone is 2. The zero-order chi connectivity index (χ0) is 26.9. The minimum atomic E-state index is -0.133. The van der Waals surface area contributed by atoms with Crippen molar-refractivity contribution in [3.05, 3.63) is 59.7 Å². The molecule has 0 heterocycles. The average molecular weight is 478 g/mol. The summed E-state index contributed by atoms with van der Waals surface area (Å²) in [5.41, 5.74) is 3.50. The Bertz CT molecular complexity index is 611. The molecule has 0 atom stereocenters. The molecule has 0 fully saturated rings. The van der Waals surface area contributed by atoms with Crippen molar-refractivity contribution in [2.45, 2.75) is 80.1 Å². The fraction of sp³-hybridized carbons (Fsp3) is 0.536. The highest BCUT2D eigenvalue weighted by atomic mass is 16.8. The first-order valence-corrected chi connectivity index (χ1v) is 12.2. The van der Waals surface area contributed by atoms with E-state index in [0.717, 1.165) is 6.42 Å². The first-order chi connectivity index (χ1) is 16.6. The molecule has 0 spiro atoms. The van der Waals surface area contributed by atoms with Crippen LogP contribution < -0.4 is 5.32 Å². The largest absolute Gasteiger partial charge is 0.392 e. The van der Waals surface area contributed by atoms with Gasteiger partial charge in [0.25, 0.3) is 0 Å². The van der Waals surface area contributed by atoms with E-state index < -0.39 is 0 Å². The van der Waals surface area contributed by atoms with Gasteiger partial charge in [-0.25, -0.2) is 4.94 Å². The molecule has 1 aromatic carbocycles. The molecule has 0 aliphatic carbocycles. The standard InChI is InChI=1S/C11H16.C8H12N2O2.C6H15N.C2H6.CH2O/c1-3-7-11-9-6-5-8-10(11)4-2;1-3-4-5-9-12-10-6-8(2)7-11;1-3-4-5-6-7-2;2*1-2/h5-6,8-9H,3-4,7H2,1-2H3;3-6,11H,2,7H2,1H3;7H,3-6H2,1-2H3;1-2H3;1H2/b;4-3-,9-5+,10-6+;;;. The maximum atomic E-state index is 8.48.